The van der Waals surface area contributed by atoms with Crippen LogP contribution in [-0.4, -0.2) is 35.4 Å². The van der Waals surface area contributed by atoms with Crippen molar-refractivity contribution in [3.05, 3.63) is 78.0 Å². The number of fused-ring (bicyclic) bond motifs is 1. The molecule has 150 valence electrons. The van der Waals surface area contributed by atoms with E-state index in [4.69, 9.17) is 4.74 Å². The van der Waals surface area contributed by atoms with E-state index in [2.05, 4.69) is 23.1 Å². The summed E-state index contributed by atoms with van der Waals surface area (Å²) in [6.45, 7) is 3.09. The van der Waals surface area contributed by atoms with Crippen LogP contribution in [0.15, 0.2) is 66.9 Å². The summed E-state index contributed by atoms with van der Waals surface area (Å²) >= 11 is 0. The average molecular weight is 389 g/mol. The van der Waals surface area contributed by atoms with Crippen LogP contribution in [0.25, 0.3) is 10.9 Å². The second-order valence-electron chi connectivity index (χ2n) is 7.86. The van der Waals surface area contributed by atoms with Crippen LogP contribution in [0.1, 0.15) is 28.8 Å². The van der Waals surface area contributed by atoms with Gasteiger partial charge in [0.05, 0.1) is 7.11 Å². The zero-order chi connectivity index (χ0) is 20.2. The lowest BCUT2D eigenvalue weighted by atomic mass is 9.95. The zero-order valence-electron chi connectivity index (χ0n) is 17.2. The lowest BCUT2D eigenvalue weighted by Crippen LogP contribution is -2.32. The number of nitrogens with zero attached hydrogens (tertiary/aromatic N) is 2. The third-order valence-electron chi connectivity index (χ3n) is 5.88. The van der Waals surface area contributed by atoms with Gasteiger partial charge in [0.2, 0.25) is 0 Å². The molecule has 1 saturated heterocycles. The molecule has 2 heterocycles. The molecule has 1 aliphatic heterocycles. The molecule has 4 heteroatoms. The summed E-state index contributed by atoms with van der Waals surface area (Å²) < 4.78 is 7.25. The van der Waals surface area contributed by atoms with Crippen LogP contribution in [0.3, 0.4) is 0 Å². The summed E-state index contributed by atoms with van der Waals surface area (Å²) in [5.74, 6) is 1.47. The predicted octanol–water partition coefficient (Wildman–Crippen LogP) is 4.84. The number of piperidine rings is 1. The highest BCUT2D eigenvalue weighted by atomic mass is 16.5. The van der Waals surface area contributed by atoms with Crippen LogP contribution in [0.4, 0.5) is 0 Å². The number of carbonyl (C=O) groups excluding carboxylic acids is 1. The number of carbonyl (C=O) groups is 1. The highest BCUT2D eigenvalue weighted by Crippen LogP contribution is 2.23. The van der Waals surface area contributed by atoms with E-state index in [9.17, 15) is 4.79 Å². The maximum absolute atomic E-state index is 12.8. The highest BCUT2D eigenvalue weighted by Gasteiger charge is 2.18. The van der Waals surface area contributed by atoms with Crippen molar-refractivity contribution in [2.75, 3.05) is 20.2 Å². The summed E-state index contributed by atoms with van der Waals surface area (Å²) in [5, 5.41) is 1.03. The SMILES string of the molecule is COc1ccc(CN2CCC(C=CC(=O)c3cn(C)c4ccccc34)CC2)cc1. The first-order chi connectivity index (χ1) is 14.1. The molecule has 1 aromatic heterocycles. The van der Waals surface area contributed by atoms with Crippen molar-refractivity contribution in [1.29, 1.82) is 0 Å². The zero-order valence-corrected chi connectivity index (χ0v) is 17.2. The molecule has 1 aliphatic rings. The summed E-state index contributed by atoms with van der Waals surface area (Å²) in [5.41, 5.74) is 3.19. The van der Waals surface area contributed by atoms with Crippen LogP contribution in [0.5, 0.6) is 5.75 Å². The van der Waals surface area contributed by atoms with Crippen LogP contribution < -0.4 is 4.74 Å². The topological polar surface area (TPSA) is 34.5 Å². The molecule has 0 amide bonds. The number of likely N-dealkylation sites (tertiary alicyclic amines) is 1. The molecule has 29 heavy (non-hydrogen) atoms. The highest BCUT2D eigenvalue weighted by molar-refractivity contribution is 6.13. The molecule has 0 spiro atoms. The minimum Gasteiger partial charge on any atom is -0.497 e. The summed E-state index contributed by atoms with van der Waals surface area (Å²) in [6, 6.07) is 16.4. The van der Waals surface area contributed by atoms with Gasteiger partial charge >= 0.3 is 0 Å². The Bertz CT molecular complexity index is 1010. The number of rotatable bonds is 6. The lowest BCUT2D eigenvalue weighted by molar-refractivity contribution is 0.104. The van der Waals surface area contributed by atoms with Gasteiger partial charge in [-0.25, -0.2) is 0 Å². The van der Waals surface area contributed by atoms with Gasteiger partial charge in [-0.05, 0) is 61.7 Å². The molecule has 0 bridgehead atoms. The van der Waals surface area contributed by atoms with Crippen molar-refractivity contribution in [3.63, 3.8) is 0 Å². The largest absolute Gasteiger partial charge is 0.497 e. The van der Waals surface area contributed by atoms with Gasteiger partial charge in [-0.1, -0.05) is 36.4 Å². The number of ether oxygens (including phenoxy) is 1. The maximum Gasteiger partial charge on any atom is 0.187 e. The van der Waals surface area contributed by atoms with Crippen molar-refractivity contribution in [3.8, 4) is 5.75 Å². The van der Waals surface area contributed by atoms with E-state index in [1.807, 2.05) is 54.2 Å². The van der Waals surface area contributed by atoms with Crippen molar-refractivity contribution in [2.45, 2.75) is 19.4 Å². The molecule has 0 radical (unpaired) electrons. The van der Waals surface area contributed by atoms with E-state index in [0.717, 1.165) is 54.7 Å². The summed E-state index contributed by atoms with van der Waals surface area (Å²) in [4.78, 5) is 15.2. The minimum atomic E-state index is 0.0995. The molecule has 0 atom stereocenters. The Morgan fingerprint density at radius 3 is 2.55 bits per heavy atom. The normalized spacial score (nSPS) is 15.9. The second-order valence-corrected chi connectivity index (χ2v) is 7.86. The molecular weight excluding hydrogens is 360 g/mol. The van der Waals surface area contributed by atoms with E-state index >= 15 is 0 Å². The van der Waals surface area contributed by atoms with Gasteiger partial charge in [0, 0.05) is 36.3 Å². The number of hydrogen-bond acceptors (Lipinski definition) is 3. The Hall–Kier alpha value is -2.85. The van der Waals surface area contributed by atoms with Crippen molar-refractivity contribution in [2.24, 2.45) is 13.0 Å². The first-order valence-corrected chi connectivity index (χ1v) is 10.3. The molecule has 4 nitrogen and oxygen atoms in total. The summed E-state index contributed by atoms with van der Waals surface area (Å²) in [7, 11) is 3.68. The Labute approximate surface area is 172 Å². The molecule has 4 rings (SSSR count). The van der Waals surface area contributed by atoms with Crippen molar-refractivity contribution in [1.82, 2.24) is 9.47 Å². The number of para-hydroxylation sites is 1. The van der Waals surface area contributed by atoms with Crippen LogP contribution >= 0.6 is 0 Å². The number of methoxy groups -OCH3 is 1. The first kappa shape index (κ1) is 19.5. The van der Waals surface area contributed by atoms with E-state index in [1.165, 1.54) is 5.56 Å². The standard InChI is InChI=1S/C25H28N2O2/c1-26-18-23(22-5-3-4-6-24(22)26)25(28)12-9-19-13-15-27(16-14-19)17-20-7-10-21(29-2)11-8-20/h3-12,18-19H,13-17H2,1-2H3. The van der Waals surface area contributed by atoms with Gasteiger partial charge in [-0.2, -0.15) is 0 Å². The third-order valence-corrected chi connectivity index (χ3v) is 5.88. The van der Waals surface area contributed by atoms with E-state index in [1.54, 1.807) is 13.2 Å². The van der Waals surface area contributed by atoms with Gasteiger partial charge in [0.25, 0.3) is 0 Å². The number of aryl methyl sites for hydroxylation is 1. The fraction of sp³-hybridized carbons (Fsp3) is 0.320. The number of ketones is 1. The van der Waals surface area contributed by atoms with Crippen molar-refractivity contribution >= 4 is 16.7 Å². The quantitative estimate of drug-likeness (QED) is 0.448. The van der Waals surface area contributed by atoms with E-state index in [-0.39, 0.29) is 5.78 Å². The van der Waals surface area contributed by atoms with Gasteiger partial charge in [-0.3, -0.25) is 9.69 Å². The monoisotopic (exact) mass is 388 g/mol. The Morgan fingerprint density at radius 1 is 1.10 bits per heavy atom. The van der Waals surface area contributed by atoms with E-state index < -0.39 is 0 Å². The van der Waals surface area contributed by atoms with Crippen LogP contribution in [-0.2, 0) is 13.6 Å². The molecular formula is C25H28N2O2. The van der Waals surface area contributed by atoms with Gasteiger partial charge in [0.15, 0.2) is 5.78 Å². The van der Waals surface area contributed by atoms with Gasteiger partial charge in [0.1, 0.15) is 5.75 Å². The number of aromatic nitrogens is 1. The van der Waals surface area contributed by atoms with Crippen LogP contribution in [0, 0.1) is 5.92 Å². The Kier molecular flexibility index (Phi) is 5.81. The fourth-order valence-electron chi connectivity index (χ4n) is 4.14. The molecule has 1 fully saturated rings. The molecule has 0 saturated carbocycles. The fourth-order valence-corrected chi connectivity index (χ4v) is 4.14. The second kappa shape index (κ2) is 8.66. The predicted molar refractivity (Wildman–Crippen MR) is 117 cm³/mol. The van der Waals surface area contributed by atoms with Crippen molar-refractivity contribution < 1.29 is 9.53 Å². The Balaban J connectivity index is 1.33. The smallest absolute Gasteiger partial charge is 0.187 e. The van der Waals surface area contributed by atoms with Crippen LogP contribution in [0.2, 0.25) is 0 Å². The molecule has 0 unspecified atom stereocenters. The van der Waals surface area contributed by atoms with Gasteiger partial charge in [-0.15, -0.1) is 0 Å². The summed E-state index contributed by atoms with van der Waals surface area (Å²) in [6.07, 6.45) is 8.03. The number of hydrogen-bond donors (Lipinski definition) is 0. The molecule has 0 N–H and O–H groups in total. The average Bonchev–Trinajstić information content (AvgIpc) is 3.10. The first-order valence-electron chi connectivity index (χ1n) is 10.3. The maximum atomic E-state index is 12.8. The third kappa shape index (κ3) is 4.43. The molecule has 0 aliphatic carbocycles. The molecule has 2 aromatic carbocycles. The Morgan fingerprint density at radius 2 is 1.83 bits per heavy atom. The van der Waals surface area contributed by atoms with Gasteiger partial charge < -0.3 is 9.30 Å². The lowest BCUT2D eigenvalue weighted by Gasteiger charge is -2.30. The number of benzene rings is 2. The minimum absolute atomic E-state index is 0.0995. The number of allylic oxidation sites excluding steroid dienone is 2. The molecule has 3 aromatic rings. The van der Waals surface area contributed by atoms with E-state index in [0.29, 0.717) is 5.92 Å².